The average Bonchev–Trinajstić information content (AvgIpc) is 3.15. The molecule has 0 bridgehead atoms. The van der Waals surface area contributed by atoms with Crippen LogP contribution in [-0.2, 0) is 14.4 Å². The van der Waals surface area contributed by atoms with Gasteiger partial charge in [-0.25, -0.2) is 0 Å². The van der Waals surface area contributed by atoms with Crippen LogP contribution >= 0.6 is 0 Å². The van der Waals surface area contributed by atoms with Crippen molar-refractivity contribution < 1.29 is 24.2 Å². The highest BCUT2D eigenvalue weighted by atomic mass is 16.5. The van der Waals surface area contributed by atoms with E-state index in [1.807, 2.05) is 30.3 Å². The van der Waals surface area contributed by atoms with Crippen LogP contribution in [0.2, 0.25) is 0 Å². The number of amides is 2. The molecule has 4 rings (SSSR count). The first-order chi connectivity index (χ1) is 13.5. The lowest BCUT2D eigenvalue weighted by atomic mass is 9.89. The van der Waals surface area contributed by atoms with Gasteiger partial charge in [-0.05, 0) is 17.7 Å². The highest BCUT2D eigenvalue weighted by Crippen LogP contribution is 2.34. The van der Waals surface area contributed by atoms with Gasteiger partial charge in [-0.15, -0.1) is 0 Å². The van der Waals surface area contributed by atoms with Crippen LogP contribution in [0.15, 0.2) is 54.6 Å². The standard InChI is InChI=1S/C21H20N2O5/c24-19(10-18-20(25)22-16-8-4-5-9-17(16)28-18)23-11-14(15(12-23)21(26)27)13-6-2-1-3-7-13/h1-9,14-15,18H,10-12H2,(H,22,25)(H,26,27). The van der Waals surface area contributed by atoms with Crippen LogP contribution in [0.5, 0.6) is 5.75 Å². The molecule has 0 radical (unpaired) electrons. The number of carboxylic acid groups (broad SMARTS) is 1. The lowest BCUT2D eigenvalue weighted by Crippen LogP contribution is -2.42. The second-order valence-electron chi connectivity index (χ2n) is 7.06. The molecule has 2 heterocycles. The predicted octanol–water partition coefficient (Wildman–Crippen LogP) is 2.10. The zero-order chi connectivity index (χ0) is 19.7. The fourth-order valence-corrected chi connectivity index (χ4v) is 3.81. The molecule has 1 fully saturated rings. The molecule has 0 aromatic heterocycles. The Labute approximate surface area is 161 Å². The van der Waals surface area contributed by atoms with Gasteiger partial charge in [-0.3, -0.25) is 14.4 Å². The molecule has 2 aromatic rings. The Morgan fingerprint density at radius 2 is 1.79 bits per heavy atom. The number of para-hydroxylation sites is 2. The number of nitrogens with one attached hydrogen (secondary N) is 1. The largest absolute Gasteiger partial charge is 0.481 e. The molecule has 7 heteroatoms. The summed E-state index contributed by atoms with van der Waals surface area (Å²) < 4.78 is 5.68. The van der Waals surface area contributed by atoms with Crippen LogP contribution in [0.25, 0.3) is 0 Å². The van der Waals surface area contributed by atoms with Crippen molar-refractivity contribution in [3.63, 3.8) is 0 Å². The van der Waals surface area contributed by atoms with Gasteiger partial charge in [-0.2, -0.15) is 0 Å². The fraction of sp³-hybridized carbons (Fsp3) is 0.286. The molecule has 3 atom stereocenters. The summed E-state index contributed by atoms with van der Waals surface area (Å²) >= 11 is 0. The summed E-state index contributed by atoms with van der Waals surface area (Å²) in [5.74, 6) is -2.01. The van der Waals surface area contributed by atoms with Gasteiger partial charge in [0, 0.05) is 19.0 Å². The van der Waals surface area contributed by atoms with Crippen molar-refractivity contribution in [2.45, 2.75) is 18.4 Å². The third-order valence-electron chi connectivity index (χ3n) is 5.28. The molecule has 2 amide bonds. The van der Waals surface area contributed by atoms with Crippen molar-refractivity contribution in [2.75, 3.05) is 18.4 Å². The topological polar surface area (TPSA) is 95.9 Å². The molecular formula is C21H20N2O5. The van der Waals surface area contributed by atoms with E-state index in [4.69, 9.17) is 4.74 Å². The van der Waals surface area contributed by atoms with Gasteiger partial charge in [0.15, 0.2) is 6.10 Å². The summed E-state index contributed by atoms with van der Waals surface area (Å²) in [5, 5.41) is 12.3. The van der Waals surface area contributed by atoms with Crippen molar-refractivity contribution in [1.82, 2.24) is 4.90 Å². The van der Waals surface area contributed by atoms with Gasteiger partial charge in [0.2, 0.25) is 5.91 Å². The summed E-state index contributed by atoms with van der Waals surface area (Å²) in [6.45, 7) is 0.434. The van der Waals surface area contributed by atoms with Gasteiger partial charge < -0.3 is 20.1 Å². The van der Waals surface area contributed by atoms with E-state index in [-0.39, 0.29) is 30.7 Å². The van der Waals surface area contributed by atoms with Crippen molar-refractivity contribution in [3.8, 4) is 5.75 Å². The number of anilines is 1. The number of nitrogens with zero attached hydrogens (tertiary/aromatic N) is 1. The Morgan fingerprint density at radius 1 is 1.07 bits per heavy atom. The summed E-state index contributed by atoms with van der Waals surface area (Å²) in [6.07, 6.45) is -1.06. The number of carbonyl (C=O) groups is 3. The number of carboxylic acids is 1. The second-order valence-corrected chi connectivity index (χ2v) is 7.06. The minimum absolute atomic E-state index is 0.124. The molecule has 0 saturated carbocycles. The van der Waals surface area contributed by atoms with Gasteiger partial charge in [0.25, 0.3) is 5.91 Å². The number of benzene rings is 2. The Balaban J connectivity index is 1.47. The molecule has 2 N–H and O–H groups in total. The number of carbonyl (C=O) groups excluding carboxylic acids is 2. The SMILES string of the molecule is O=C1Nc2ccccc2OC1CC(=O)N1CC(C(=O)O)C(c2ccccc2)C1. The van der Waals surface area contributed by atoms with Gasteiger partial charge in [0.05, 0.1) is 18.0 Å². The predicted molar refractivity (Wildman–Crippen MR) is 101 cm³/mol. The molecule has 144 valence electrons. The van der Waals surface area contributed by atoms with E-state index in [1.165, 1.54) is 4.90 Å². The van der Waals surface area contributed by atoms with E-state index < -0.39 is 18.0 Å². The zero-order valence-electron chi connectivity index (χ0n) is 15.1. The maximum atomic E-state index is 12.8. The Morgan fingerprint density at radius 3 is 2.54 bits per heavy atom. The van der Waals surface area contributed by atoms with Crippen LogP contribution in [-0.4, -0.2) is 47.0 Å². The number of likely N-dealkylation sites (tertiary alicyclic amines) is 1. The number of rotatable bonds is 4. The van der Waals surface area contributed by atoms with Crippen molar-refractivity contribution in [3.05, 3.63) is 60.2 Å². The third-order valence-corrected chi connectivity index (χ3v) is 5.28. The third kappa shape index (κ3) is 3.43. The van der Waals surface area contributed by atoms with Gasteiger partial charge >= 0.3 is 5.97 Å². The highest BCUT2D eigenvalue weighted by Gasteiger charge is 2.41. The van der Waals surface area contributed by atoms with E-state index in [0.29, 0.717) is 18.0 Å². The average molecular weight is 380 g/mol. The van der Waals surface area contributed by atoms with E-state index in [9.17, 15) is 19.5 Å². The first-order valence-corrected chi connectivity index (χ1v) is 9.15. The van der Waals surface area contributed by atoms with Crippen molar-refractivity contribution >= 4 is 23.5 Å². The Bertz CT molecular complexity index is 914. The second kappa shape index (κ2) is 7.34. The molecule has 0 aliphatic carbocycles. The molecule has 1 saturated heterocycles. The number of ether oxygens (including phenoxy) is 1. The minimum atomic E-state index is -0.929. The van der Waals surface area contributed by atoms with Crippen molar-refractivity contribution in [1.29, 1.82) is 0 Å². The Kier molecular flexibility index (Phi) is 4.73. The summed E-state index contributed by atoms with van der Waals surface area (Å²) in [6, 6.07) is 16.4. The first-order valence-electron chi connectivity index (χ1n) is 9.15. The summed E-state index contributed by atoms with van der Waals surface area (Å²) in [5.41, 5.74) is 1.47. The molecule has 3 unspecified atom stereocenters. The molecule has 0 spiro atoms. The van der Waals surface area contributed by atoms with E-state index in [0.717, 1.165) is 5.56 Å². The maximum Gasteiger partial charge on any atom is 0.308 e. The number of hydrogen-bond acceptors (Lipinski definition) is 4. The summed E-state index contributed by atoms with van der Waals surface area (Å²) in [4.78, 5) is 38.3. The molecule has 2 aromatic carbocycles. The number of aliphatic carboxylic acids is 1. The minimum Gasteiger partial charge on any atom is -0.481 e. The normalized spacial score (nSPS) is 23.5. The van der Waals surface area contributed by atoms with Crippen LogP contribution in [0.1, 0.15) is 17.9 Å². The van der Waals surface area contributed by atoms with E-state index >= 15 is 0 Å². The molecule has 2 aliphatic heterocycles. The van der Waals surface area contributed by atoms with Crippen LogP contribution in [0.3, 0.4) is 0 Å². The van der Waals surface area contributed by atoms with E-state index in [1.54, 1.807) is 24.3 Å². The molecule has 2 aliphatic rings. The lowest BCUT2D eigenvalue weighted by Gasteiger charge is -2.27. The monoisotopic (exact) mass is 380 g/mol. The summed E-state index contributed by atoms with van der Waals surface area (Å²) in [7, 11) is 0. The van der Waals surface area contributed by atoms with Gasteiger partial charge in [0.1, 0.15) is 5.75 Å². The molecule has 28 heavy (non-hydrogen) atoms. The van der Waals surface area contributed by atoms with Crippen LogP contribution in [0.4, 0.5) is 5.69 Å². The smallest absolute Gasteiger partial charge is 0.308 e. The molecule has 7 nitrogen and oxygen atoms in total. The van der Waals surface area contributed by atoms with Crippen LogP contribution in [0, 0.1) is 5.92 Å². The fourth-order valence-electron chi connectivity index (χ4n) is 3.81. The maximum absolute atomic E-state index is 12.8. The lowest BCUT2D eigenvalue weighted by molar-refractivity contribution is -0.142. The highest BCUT2D eigenvalue weighted by molar-refractivity contribution is 6.00. The van der Waals surface area contributed by atoms with Gasteiger partial charge in [-0.1, -0.05) is 42.5 Å². The number of fused-ring (bicyclic) bond motifs is 1. The first kappa shape index (κ1) is 18.0. The number of hydrogen-bond donors (Lipinski definition) is 2. The quantitative estimate of drug-likeness (QED) is 0.847. The van der Waals surface area contributed by atoms with E-state index in [2.05, 4.69) is 5.32 Å². The van der Waals surface area contributed by atoms with Crippen LogP contribution < -0.4 is 10.1 Å². The molecular weight excluding hydrogens is 360 g/mol. The zero-order valence-corrected chi connectivity index (χ0v) is 15.1. The van der Waals surface area contributed by atoms with Crippen molar-refractivity contribution in [2.24, 2.45) is 5.92 Å². The Hall–Kier alpha value is -3.35.